The summed E-state index contributed by atoms with van der Waals surface area (Å²) in [6, 6.07) is 81.5. The summed E-state index contributed by atoms with van der Waals surface area (Å²) in [5.41, 5.74) is 18.8. The fraction of sp³-hybridized carbons (Fsp3) is 0.0769. The van der Waals surface area contributed by atoms with Crippen molar-refractivity contribution in [3.05, 3.63) is 259 Å². The van der Waals surface area contributed by atoms with Crippen LogP contribution in [0.4, 0.5) is 22.7 Å². The van der Waals surface area contributed by atoms with Gasteiger partial charge in [0.2, 0.25) is 0 Å². The minimum atomic E-state index is -0.555. The SMILES string of the molecule is CC(C)(C)c1ccnc(-n2c3[c-]c(Oc4[c-]c(N5[CH-]N(c6c(-c7ccccc7)cccc6-c6ccccc6)c6ccccc65)ccc4)cc4c3c3c(cccc32)C42c3ccccc3-c3ccccc32)c1.[Pt]. The van der Waals surface area contributed by atoms with Crippen molar-refractivity contribution in [1.29, 1.82) is 0 Å². The number of fused-ring (bicyclic) bond motifs is 8. The molecular formula is C65H45N4OPt-3. The maximum atomic E-state index is 7.11. The second-order valence-corrected chi connectivity index (χ2v) is 19.6. The number of aromatic nitrogens is 2. The first-order valence-corrected chi connectivity index (χ1v) is 24.0. The van der Waals surface area contributed by atoms with Crippen molar-refractivity contribution in [3.8, 4) is 50.7 Å². The normalized spacial score (nSPS) is 13.7. The van der Waals surface area contributed by atoms with E-state index in [4.69, 9.17) is 9.72 Å². The molecule has 0 N–H and O–H groups in total. The fourth-order valence-electron chi connectivity index (χ4n) is 11.7. The molecule has 2 aromatic heterocycles. The van der Waals surface area contributed by atoms with Gasteiger partial charge in [-0.3, -0.25) is 0 Å². The van der Waals surface area contributed by atoms with E-state index in [9.17, 15) is 0 Å². The van der Waals surface area contributed by atoms with Crippen LogP contribution in [-0.4, -0.2) is 9.55 Å². The standard InChI is InChI=1S/C65H45N4O.Pt/c1-64(2,3)44-35-36-66-60(37-44)69-58-34-18-31-54-61(58)62-55(65(54)52-29-12-10-25-50(52)51-26-11-13-30-53(51)65)39-47(40-59(62)69)70-46-24-16-23-45(38-46)67-41-68(57-33-15-14-32-56(57)67)63-48(42-19-6-4-7-20-42)27-17-28-49(63)43-21-8-5-9-22-43;/h4-37,39,41H,1-3H3;/q-3;. The predicted molar refractivity (Wildman–Crippen MR) is 285 cm³/mol. The molecule has 0 unspecified atom stereocenters. The maximum absolute atomic E-state index is 7.11. The second kappa shape index (κ2) is 16.3. The molecule has 0 saturated carbocycles. The molecule has 11 aromatic rings. The first kappa shape index (κ1) is 43.1. The van der Waals surface area contributed by atoms with Crippen LogP contribution in [0.3, 0.4) is 0 Å². The zero-order valence-electron chi connectivity index (χ0n) is 39.3. The molecule has 2 aliphatic carbocycles. The number of rotatable bonds is 7. The second-order valence-electron chi connectivity index (χ2n) is 19.6. The Morgan fingerprint density at radius 1 is 0.507 bits per heavy atom. The largest absolute Gasteiger partial charge is 0.509 e. The van der Waals surface area contributed by atoms with Crippen LogP contribution in [0.5, 0.6) is 11.5 Å². The number of hydrogen-bond acceptors (Lipinski definition) is 4. The molecule has 0 amide bonds. The van der Waals surface area contributed by atoms with Gasteiger partial charge in [0.1, 0.15) is 5.82 Å². The van der Waals surface area contributed by atoms with Crippen molar-refractivity contribution >= 4 is 44.6 Å². The van der Waals surface area contributed by atoms with E-state index < -0.39 is 5.41 Å². The van der Waals surface area contributed by atoms with Gasteiger partial charge in [-0.2, -0.15) is 6.07 Å². The number of anilines is 4. The van der Waals surface area contributed by atoms with E-state index >= 15 is 0 Å². The summed E-state index contributed by atoms with van der Waals surface area (Å²) in [5, 5.41) is 2.41. The monoisotopic (exact) mass is 1090 g/mol. The topological polar surface area (TPSA) is 33.5 Å². The number of ether oxygens (including phenoxy) is 1. The van der Waals surface area contributed by atoms with E-state index in [0.717, 1.165) is 61.9 Å². The van der Waals surface area contributed by atoms with Crippen LogP contribution in [0.25, 0.3) is 61.0 Å². The van der Waals surface area contributed by atoms with Gasteiger partial charge in [-0.05, 0) is 85.6 Å². The van der Waals surface area contributed by atoms with Crippen LogP contribution in [0, 0.1) is 18.8 Å². The summed E-state index contributed by atoms with van der Waals surface area (Å²) in [6.45, 7) is 8.95. The van der Waals surface area contributed by atoms with Crippen molar-refractivity contribution in [3.63, 3.8) is 0 Å². The molecule has 0 saturated heterocycles. The van der Waals surface area contributed by atoms with E-state index in [0.29, 0.717) is 11.5 Å². The van der Waals surface area contributed by atoms with Gasteiger partial charge in [0.25, 0.3) is 0 Å². The summed E-state index contributed by atoms with van der Waals surface area (Å²) >= 11 is 0. The third-order valence-corrected chi connectivity index (χ3v) is 14.7. The van der Waals surface area contributed by atoms with E-state index in [2.05, 4.69) is 254 Å². The van der Waals surface area contributed by atoms with Crippen LogP contribution in [0.2, 0.25) is 0 Å². The molecule has 1 spiro atoms. The van der Waals surface area contributed by atoms with Crippen LogP contribution >= 0.6 is 0 Å². The minimum absolute atomic E-state index is 0. The van der Waals surface area contributed by atoms with Crippen molar-refractivity contribution in [2.24, 2.45) is 0 Å². The molecule has 0 bridgehead atoms. The van der Waals surface area contributed by atoms with Crippen molar-refractivity contribution < 1.29 is 25.8 Å². The molecule has 0 radical (unpaired) electrons. The van der Waals surface area contributed by atoms with Crippen LogP contribution in [-0.2, 0) is 31.9 Å². The molecule has 14 rings (SSSR count). The first-order valence-electron chi connectivity index (χ1n) is 24.0. The van der Waals surface area contributed by atoms with Gasteiger partial charge in [0.15, 0.2) is 0 Å². The summed E-state index contributed by atoms with van der Waals surface area (Å²) in [4.78, 5) is 9.60. The molecule has 3 aliphatic rings. The minimum Gasteiger partial charge on any atom is -0.509 e. The molecule has 0 fully saturated rings. The van der Waals surface area contributed by atoms with E-state index in [1.54, 1.807) is 0 Å². The number of hydrogen-bond donors (Lipinski definition) is 0. The third-order valence-electron chi connectivity index (χ3n) is 14.7. The van der Waals surface area contributed by atoms with Gasteiger partial charge in [-0.25, -0.2) is 4.98 Å². The Morgan fingerprint density at radius 3 is 1.76 bits per heavy atom. The Kier molecular flexibility index (Phi) is 9.89. The smallest absolute Gasteiger partial charge is 0.135 e. The van der Waals surface area contributed by atoms with Crippen molar-refractivity contribution in [1.82, 2.24) is 9.55 Å². The molecule has 71 heavy (non-hydrogen) atoms. The molecule has 3 heterocycles. The van der Waals surface area contributed by atoms with Gasteiger partial charge < -0.3 is 19.1 Å². The van der Waals surface area contributed by atoms with E-state index in [1.807, 2.05) is 12.3 Å². The zero-order chi connectivity index (χ0) is 46.7. The van der Waals surface area contributed by atoms with Gasteiger partial charge in [0.05, 0.1) is 0 Å². The van der Waals surface area contributed by atoms with Crippen LogP contribution in [0.1, 0.15) is 48.6 Å². The number of pyridine rings is 1. The third kappa shape index (κ3) is 6.39. The Morgan fingerprint density at radius 2 is 1.08 bits per heavy atom. The van der Waals surface area contributed by atoms with E-state index in [1.165, 1.54) is 49.7 Å². The summed E-state index contributed by atoms with van der Waals surface area (Å²) < 4.78 is 9.41. The van der Waals surface area contributed by atoms with Crippen LogP contribution in [0.15, 0.2) is 212 Å². The van der Waals surface area contributed by atoms with Crippen molar-refractivity contribution in [2.75, 3.05) is 9.80 Å². The molecular weight excluding hydrogens is 1050 g/mol. The average molecular weight is 1090 g/mol. The zero-order valence-corrected chi connectivity index (χ0v) is 41.6. The molecule has 5 nitrogen and oxygen atoms in total. The number of benzene rings is 9. The van der Waals surface area contributed by atoms with Gasteiger partial charge in [0, 0.05) is 77.9 Å². The molecule has 1 aliphatic heterocycles. The number of nitrogens with zero attached hydrogens (tertiary/aromatic N) is 4. The van der Waals surface area contributed by atoms with Crippen molar-refractivity contribution in [2.45, 2.75) is 31.6 Å². The predicted octanol–water partition coefficient (Wildman–Crippen LogP) is 16.3. The Bertz CT molecular complexity index is 3810. The molecule has 344 valence electrons. The Labute approximate surface area is 428 Å². The quantitative estimate of drug-likeness (QED) is 0.149. The fourth-order valence-corrected chi connectivity index (χ4v) is 11.7. The summed E-state index contributed by atoms with van der Waals surface area (Å²) in [6.07, 6.45) is 1.94. The Hall–Kier alpha value is -7.98. The van der Waals surface area contributed by atoms with Crippen LogP contribution < -0.4 is 14.5 Å². The van der Waals surface area contributed by atoms with Gasteiger partial charge in [-0.15, -0.1) is 48.3 Å². The molecule has 6 heteroatoms. The summed E-state index contributed by atoms with van der Waals surface area (Å²) in [5.74, 6) is 2.06. The Balaban J connectivity index is 0.00000492. The molecule has 0 atom stereocenters. The maximum Gasteiger partial charge on any atom is 0.135 e. The number of para-hydroxylation sites is 3. The molecule has 9 aromatic carbocycles. The summed E-state index contributed by atoms with van der Waals surface area (Å²) in [7, 11) is 0. The van der Waals surface area contributed by atoms with Gasteiger partial charge >= 0.3 is 0 Å². The van der Waals surface area contributed by atoms with E-state index in [-0.39, 0.29) is 26.5 Å². The first-order chi connectivity index (χ1) is 34.4. The average Bonchev–Trinajstić information content (AvgIpc) is 4.13. The van der Waals surface area contributed by atoms with Gasteiger partial charge in [-0.1, -0.05) is 183 Å².